The molecule has 3 heterocycles. The quantitative estimate of drug-likeness (QED) is 0.670. The number of carbonyl (C=O) groups is 1. The third-order valence-corrected chi connectivity index (χ3v) is 6.15. The van der Waals surface area contributed by atoms with E-state index < -0.39 is 0 Å². The molecule has 0 aliphatic carbocycles. The van der Waals surface area contributed by atoms with Crippen molar-refractivity contribution < 1.29 is 9.18 Å². The summed E-state index contributed by atoms with van der Waals surface area (Å²) in [5.74, 6) is 0.349. The van der Waals surface area contributed by atoms with E-state index in [4.69, 9.17) is 4.98 Å². The molecule has 0 spiro atoms. The van der Waals surface area contributed by atoms with Crippen molar-refractivity contribution in [3.05, 3.63) is 35.8 Å². The summed E-state index contributed by atoms with van der Waals surface area (Å²) >= 11 is 1.62. The second-order valence-corrected chi connectivity index (χ2v) is 8.57. The van der Waals surface area contributed by atoms with Crippen LogP contribution in [0.1, 0.15) is 26.0 Å². The number of anilines is 1. The van der Waals surface area contributed by atoms with Gasteiger partial charge in [0.05, 0.1) is 16.1 Å². The van der Waals surface area contributed by atoms with Crippen molar-refractivity contribution in [1.29, 1.82) is 0 Å². The topological polar surface area (TPSA) is 54.3 Å². The van der Waals surface area contributed by atoms with E-state index in [2.05, 4.69) is 23.8 Å². The van der Waals surface area contributed by atoms with E-state index in [1.807, 2.05) is 11.8 Å². The molecule has 4 rings (SSSR count). The zero-order valence-electron chi connectivity index (χ0n) is 16.4. The number of thiazole rings is 1. The molecule has 1 fully saturated rings. The zero-order chi connectivity index (χ0) is 19.8. The number of halogens is 1. The van der Waals surface area contributed by atoms with Crippen LogP contribution >= 0.6 is 11.3 Å². The number of amides is 1. The molecule has 1 aliphatic heterocycles. The van der Waals surface area contributed by atoms with Crippen molar-refractivity contribution in [2.24, 2.45) is 5.92 Å². The van der Waals surface area contributed by atoms with Crippen LogP contribution in [-0.2, 0) is 4.79 Å². The van der Waals surface area contributed by atoms with Crippen molar-refractivity contribution >= 4 is 32.7 Å². The van der Waals surface area contributed by atoms with Gasteiger partial charge in [0.25, 0.3) is 0 Å². The van der Waals surface area contributed by atoms with Gasteiger partial charge in [0.15, 0.2) is 10.8 Å². The number of rotatable bonds is 4. The summed E-state index contributed by atoms with van der Waals surface area (Å²) in [7, 11) is 0. The van der Waals surface area contributed by atoms with Crippen molar-refractivity contribution in [3.63, 3.8) is 0 Å². The Morgan fingerprint density at radius 3 is 2.50 bits per heavy atom. The maximum Gasteiger partial charge on any atom is 0.222 e. The number of fused-ring (bicyclic) bond motifs is 1. The fourth-order valence-corrected chi connectivity index (χ4v) is 4.48. The van der Waals surface area contributed by atoms with Crippen LogP contribution in [0, 0.1) is 18.7 Å². The highest BCUT2D eigenvalue weighted by Crippen LogP contribution is 2.33. The van der Waals surface area contributed by atoms with Gasteiger partial charge in [-0.25, -0.2) is 9.07 Å². The fourth-order valence-electron chi connectivity index (χ4n) is 3.45. The number of nitrogens with zero attached hydrogens (tertiary/aromatic N) is 5. The number of piperazine rings is 1. The molecule has 0 atom stereocenters. The molecule has 1 saturated heterocycles. The van der Waals surface area contributed by atoms with Crippen LogP contribution in [0.15, 0.2) is 24.3 Å². The second kappa shape index (κ2) is 7.50. The number of carbonyl (C=O) groups excluding carboxylic acids is 1. The Morgan fingerprint density at radius 1 is 1.18 bits per heavy atom. The van der Waals surface area contributed by atoms with E-state index in [1.54, 1.807) is 28.2 Å². The van der Waals surface area contributed by atoms with Gasteiger partial charge in [-0.3, -0.25) is 4.79 Å². The SMILES string of the molecule is Cc1nn(-c2ccc(F)cc2)c2nc(N3CCN(C(=O)CC(C)C)CC3)sc12. The van der Waals surface area contributed by atoms with Gasteiger partial charge < -0.3 is 9.80 Å². The standard InChI is InChI=1S/C20H24FN5OS/c1-13(2)12-17(27)24-8-10-25(11-9-24)20-22-19-18(28-20)14(3)23-26(19)16-6-4-15(21)5-7-16/h4-7,13H,8-12H2,1-3H3. The number of aromatic nitrogens is 3. The van der Waals surface area contributed by atoms with Gasteiger partial charge in [-0.15, -0.1) is 0 Å². The van der Waals surface area contributed by atoms with Crippen molar-refractivity contribution in [1.82, 2.24) is 19.7 Å². The highest BCUT2D eigenvalue weighted by atomic mass is 32.1. The van der Waals surface area contributed by atoms with Crippen molar-refractivity contribution in [2.45, 2.75) is 27.2 Å². The predicted molar refractivity (Wildman–Crippen MR) is 110 cm³/mol. The molecular formula is C20H24FN5OS. The van der Waals surface area contributed by atoms with E-state index >= 15 is 0 Å². The Kier molecular flexibility index (Phi) is 5.05. The predicted octanol–water partition coefficient (Wildman–Crippen LogP) is 3.62. The lowest BCUT2D eigenvalue weighted by Gasteiger charge is -2.34. The molecule has 8 heteroatoms. The average molecular weight is 402 g/mol. The first-order valence-electron chi connectivity index (χ1n) is 9.57. The smallest absolute Gasteiger partial charge is 0.222 e. The number of hydrogen-bond acceptors (Lipinski definition) is 5. The average Bonchev–Trinajstić information content (AvgIpc) is 3.23. The molecule has 2 aromatic heterocycles. The van der Waals surface area contributed by atoms with Gasteiger partial charge in [0, 0.05) is 32.6 Å². The molecular weight excluding hydrogens is 377 g/mol. The van der Waals surface area contributed by atoms with Crippen LogP contribution in [0.4, 0.5) is 9.52 Å². The molecule has 0 unspecified atom stereocenters. The van der Waals surface area contributed by atoms with E-state index in [0.29, 0.717) is 12.3 Å². The monoisotopic (exact) mass is 401 g/mol. The van der Waals surface area contributed by atoms with Crippen molar-refractivity contribution in [2.75, 3.05) is 31.1 Å². The Hall–Kier alpha value is -2.48. The Bertz CT molecular complexity index is 986. The summed E-state index contributed by atoms with van der Waals surface area (Å²) in [4.78, 5) is 21.3. The summed E-state index contributed by atoms with van der Waals surface area (Å²) in [6, 6.07) is 6.27. The first kappa shape index (κ1) is 18.9. The lowest BCUT2D eigenvalue weighted by molar-refractivity contribution is -0.132. The van der Waals surface area contributed by atoms with Gasteiger partial charge in [-0.1, -0.05) is 25.2 Å². The molecule has 0 bridgehead atoms. The zero-order valence-corrected chi connectivity index (χ0v) is 17.2. The molecule has 1 aromatic carbocycles. The molecule has 0 saturated carbocycles. The van der Waals surface area contributed by atoms with Crippen LogP contribution in [0.3, 0.4) is 0 Å². The highest BCUT2D eigenvalue weighted by Gasteiger charge is 2.25. The minimum atomic E-state index is -0.271. The Morgan fingerprint density at radius 2 is 1.86 bits per heavy atom. The van der Waals surface area contributed by atoms with Gasteiger partial charge in [-0.05, 0) is 37.1 Å². The van der Waals surface area contributed by atoms with Crippen molar-refractivity contribution in [3.8, 4) is 5.69 Å². The summed E-state index contributed by atoms with van der Waals surface area (Å²) in [6.07, 6.45) is 0.605. The summed E-state index contributed by atoms with van der Waals surface area (Å²) < 4.78 is 16.1. The highest BCUT2D eigenvalue weighted by molar-refractivity contribution is 7.22. The molecule has 1 aliphatic rings. The van der Waals surface area contributed by atoms with E-state index in [1.165, 1.54) is 12.1 Å². The van der Waals surface area contributed by atoms with Gasteiger partial charge in [0.1, 0.15) is 5.82 Å². The first-order chi connectivity index (χ1) is 13.4. The minimum absolute atomic E-state index is 0.238. The summed E-state index contributed by atoms with van der Waals surface area (Å²) in [6.45, 7) is 9.12. The van der Waals surface area contributed by atoms with Crippen LogP contribution in [0.5, 0.6) is 0 Å². The second-order valence-electron chi connectivity index (χ2n) is 7.59. The normalized spacial score (nSPS) is 15.0. The van der Waals surface area contributed by atoms with Gasteiger partial charge in [0.2, 0.25) is 5.91 Å². The number of hydrogen-bond donors (Lipinski definition) is 0. The molecule has 28 heavy (non-hydrogen) atoms. The van der Waals surface area contributed by atoms with E-state index in [9.17, 15) is 9.18 Å². The molecule has 0 N–H and O–H groups in total. The summed E-state index contributed by atoms with van der Waals surface area (Å²) in [5.41, 5.74) is 2.50. The molecule has 1 amide bonds. The number of benzene rings is 1. The summed E-state index contributed by atoms with van der Waals surface area (Å²) in [5, 5.41) is 5.52. The number of aryl methyl sites for hydroxylation is 1. The van der Waals surface area contributed by atoms with Crippen LogP contribution in [-0.4, -0.2) is 51.8 Å². The Balaban J connectivity index is 1.54. The van der Waals surface area contributed by atoms with Crippen LogP contribution in [0.25, 0.3) is 16.0 Å². The van der Waals surface area contributed by atoms with E-state index in [-0.39, 0.29) is 11.7 Å². The first-order valence-corrected chi connectivity index (χ1v) is 10.4. The third kappa shape index (κ3) is 3.61. The largest absolute Gasteiger partial charge is 0.344 e. The molecule has 148 valence electrons. The lowest BCUT2D eigenvalue weighted by Crippen LogP contribution is -2.49. The van der Waals surface area contributed by atoms with Crippen LogP contribution < -0.4 is 4.90 Å². The van der Waals surface area contributed by atoms with Crippen LogP contribution in [0.2, 0.25) is 0 Å². The lowest BCUT2D eigenvalue weighted by atomic mass is 10.1. The molecule has 0 radical (unpaired) electrons. The maximum absolute atomic E-state index is 13.2. The minimum Gasteiger partial charge on any atom is -0.344 e. The third-order valence-electron chi connectivity index (χ3n) is 4.93. The maximum atomic E-state index is 13.2. The van der Waals surface area contributed by atoms with Gasteiger partial charge in [-0.2, -0.15) is 10.1 Å². The van der Waals surface area contributed by atoms with E-state index in [0.717, 1.165) is 53.0 Å². The molecule has 6 nitrogen and oxygen atoms in total. The fraction of sp³-hybridized carbons (Fsp3) is 0.450. The molecule has 3 aromatic rings. The Labute approximate surface area is 167 Å². The van der Waals surface area contributed by atoms with Gasteiger partial charge >= 0.3 is 0 Å².